The number of aliphatic hydroxyl groups is 1. The minimum absolute atomic E-state index is 0.00234. The van der Waals surface area contributed by atoms with Crippen LogP contribution < -0.4 is 9.64 Å². The number of carbonyl (C=O) groups is 4. The summed E-state index contributed by atoms with van der Waals surface area (Å²) < 4.78 is 5.83. The van der Waals surface area contributed by atoms with Gasteiger partial charge in [0, 0.05) is 11.5 Å². The molecule has 1 saturated carbocycles. The van der Waals surface area contributed by atoms with Crippen LogP contribution in [0.3, 0.4) is 0 Å². The Kier molecular flexibility index (Phi) is 6.85. The van der Waals surface area contributed by atoms with E-state index in [9.17, 15) is 24.3 Å². The van der Waals surface area contributed by atoms with Gasteiger partial charge in [-0.05, 0) is 37.0 Å². The van der Waals surface area contributed by atoms with Crippen molar-refractivity contribution in [3.63, 3.8) is 0 Å². The van der Waals surface area contributed by atoms with Crippen LogP contribution in [0.1, 0.15) is 24.3 Å². The van der Waals surface area contributed by atoms with Crippen molar-refractivity contribution < 1.29 is 29.0 Å². The van der Waals surface area contributed by atoms with E-state index < -0.39 is 45.2 Å². The van der Waals surface area contributed by atoms with Gasteiger partial charge in [0.1, 0.15) is 12.4 Å². The summed E-state index contributed by atoms with van der Waals surface area (Å²) in [6.07, 6.45) is 2.07. The number of hydrogen-bond acceptors (Lipinski definition) is 6. The summed E-state index contributed by atoms with van der Waals surface area (Å²) in [6.45, 7) is -0.238. The minimum atomic E-state index is -1.92. The maximum atomic E-state index is 14.0. The van der Waals surface area contributed by atoms with Gasteiger partial charge in [0.25, 0.3) is 11.8 Å². The summed E-state index contributed by atoms with van der Waals surface area (Å²) in [5.74, 6) is -4.56. The zero-order valence-electron chi connectivity index (χ0n) is 21.1. The summed E-state index contributed by atoms with van der Waals surface area (Å²) in [6, 6.07) is 15.7. The number of alkyl halides is 3. The van der Waals surface area contributed by atoms with Gasteiger partial charge in [0.05, 0.1) is 29.6 Å². The Morgan fingerprint density at radius 2 is 1.65 bits per heavy atom. The molecule has 8 nitrogen and oxygen atoms in total. The molecule has 6 rings (SSSR count). The Hall–Kier alpha value is -2.72. The molecule has 6 unspecified atom stereocenters. The molecule has 1 N–H and O–H groups in total. The molecule has 0 aromatic heterocycles. The van der Waals surface area contributed by atoms with Crippen LogP contribution in [-0.2, 0) is 19.2 Å². The van der Waals surface area contributed by atoms with Crippen LogP contribution in [0.15, 0.2) is 66.2 Å². The summed E-state index contributed by atoms with van der Waals surface area (Å²) in [5, 5.41) is 9.41. The number of halogens is 3. The standard InChI is InChI=1S/C29H25BrCl2N2O6/c30-15-33-26(38)28(31)14-20-17(10-11-19-22(20)25(37)34(24(19)36)16-6-2-1-3-7-16)23(29(28,32)27(33)39)18-8-4-5-9-21(18)40-13-12-35/h1-10,19-20,22-23,35H,11-15H2. The molecule has 40 heavy (non-hydrogen) atoms. The Labute approximate surface area is 249 Å². The third-order valence-electron chi connectivity index (χ3n) is 8.61. The number of allylic oxidation sites excluding steroid dienone is 2. The lowest BCUT2D eigenvalue weighted by Gasteiger charge is -2.51. The third-order valence-corrected chi connectivity index (χ3v) is 10.5. The first-order valence-electron chi connectivity index (χ1n) is 13.0. The van der Waals surface area contributed by atoms with Crippen LogP contribution in [0, 0.1) is 17.8 Å². The minimum Gasteiger partial charge on any atom is -0.491 e. The van der Waals surface area contributed by atoms with Gasteiger partial charge >= 0.3 is 0 Å². The van der Waals surface area contributed by atoms with E-state index >= 15 is 0 Å². The van der Waals surface area contributed by atoms with E-state index in [1.165, 1.54) is 4.90 Å². The van der Waals surface area contributed by atoms with Crippen molar-refractivity contribution in [1.29, 1.82) is 0 Å². The summed E-state index contributed by atoms with van der Waals surface area (Å²) in [4.78, 5) is 53.6. The van der Waals surface area contributed by atoms with Crippen LogP contribution in [0.4, 0.5) is 5.69 Å². The van der Waals surface area contributed by atoms with Crippen molar-refractivity contribution in [2.45, 2.75) is 28.5 Å². The zero-order valence-corrected chi connectivity index (χ0v) is 24.2. The Balaban J connectivity index is 1.53. The molecule has 11 heteroatoms. The Morgan fingerprint density at radius 3 is 2.35 bits per heavy atom. The van der Waals surface area contributed by atoms with Gasteiger partial charge in [-0.2, -0.15) is 0 Å². The second-order valence-corrected chi connectivity index (χ2v) is 12.2. The van der Waals surface area contributed by atoms with Crippen molar-refractivity contribution in [2.75, 3.05) is 23.6 Å². The number of ether oxygens (including phenoxy) is 1. The van der Waals surface area contributed by atoms with Gasteiger partial charge in [0.2, 0.25) is 11.8 Å². The fraction of sp³-hybridized carbons (Fsp3) is 0.379. The lowest BCUT2D eigenvalue weighted by atomic mass is 9.56. The van der Waals surface area contributed by atoms with Gasteiger partial charge in [-0.25, -0.2) is 0 Å². The molecule has 2 aromatic rings. The fourth-order valence-electron chi connectivity index (χ4n) is 6.94. The highest BCUT2D eigenvalue weighted by Crippen LogP contribution is 2.66. The Bertz CT molecular complexity index is 1450. The predicted molar refractivity (Wildman–Crippen MR) is 151 cm³/mol. The predicted octanol–water partition coefficient (Wildman–Crippen LogP) is 3.97. The van der Waals surface area contributed by atoms with E-state index in [0.29, 0.717) is 22.6 Å². The monoisotopic (exact) mass is 646 g/mol. The molecule has 2 saturated heterocycles. The molecular weight excluding hydrogens is 623 g/mol. The quantitative estimate of drug-likeness (QED) is 0.220. The molecule has 2 aromatic carbocycles. The lowest BCUT2D eigenvalue weighted by molar-refractivity contribution is -0.138. The molecule has 0 radical (unpaired) electrons. The zero-order chi connectivity index (χ0) is 28.4. The number of carbonyl (C=O) groups excluding carboxylic acids is 4. The third kappa shape index (κ3) is 3.60. The molecule has 3 fully saturated rings. The number of para-hydroxylation sites is 2. The highest BCUT2D eigenvalue weighted by atomic mass is 79.9. The van der Waals surface area contributed by atoms with Crippen LogP contribution in [-0.4, -0.2) is 62.1 Å². The summed E-state index contributed by atoms with van der Waals surface area (Å²) in [7, 11) is 0. The summed E-state index contributed by atoms with van der Waals surface area (Å²) >= 11 is 17.7. The number of benzene rings is 2. The smallest absolute Gasteiger partial charge is 0.254 e. The molecule has 4 amide bonds. The maximum absolute atomic E-state index is 14.0. The number of fused-ring (bicyclic) bond motifs is 4. The molecule has 6 atom stereocenters. The number of anilines is 1. The normalized spacial score (nSPS) is 33.0. The average Bonchev–Trinajstić information content (AvgIpc) is 3.30. The molecule has 2 aliphatic carbocycles. The van der Waals surface area contributed by atoms with Gasteiger partial charge < -0.3 is 9.84 Å². The molecule has 4 aliphatic rings. The SMILES string of the molecule is O=C1C2CC=C3C(CC4(Cl)C(=O)N(CBr)C(=O)C4(Cl)C3c3ccccc3OCCO)C2C(=O)N1c1ccccc1. The topological polar surface area (TPSA) is 104 Å². The summed E-state index contributed by atoms with van der Waals surface area (Å²) in [5.41, 5.74) is 1.58. The Morgan fingerprint density at radius 1 is 0.950 bits per heavy atom. The number of rotatable bonds is 6. The van der Waals surface area contributed by atoms with Crippen molar-refractivity contribution in [3.05, 3.63) is 71.8 Å². The van der Waals surface area contributed by atoms with E-state index in [1.54, 1.807) is 54.6 Å². The molecule has 0 bridgehead atoms. The molecule has 0 spiro atoms. The number of hydrogen-bond donors (Lipinski definition) is 1. The number of amides is 4. The second-order valence-electron chi connectivity index (χ2n) is 10.4. The van der Waals surface area contributed by atoms with E-state index in [-0.39, 0.29) is 43.3 Å². The van der Waals surface area contributed by atoms with E-state index in [2.05, 4.69) is 15.9 Å². The first kappa shape index (κ1) is 27.4. The number of imide groups is 2. The second kappa shape index (κ2) is 9.98. The van der Waals surface area contributed by atoms with Crippen LogP contribution >= 0.6 is 39.1 Å². The largest absolute Gasteiger partial charge is 0.491 e. The molecular formula is C29H25BrCl2N2O6. The van der Waals surface area contributed by atoms with Gasteiger partial charge in [0.15, 0.2) is 9.75 Å². The van der Waals surface area contributed by atoms with Crippen LogP contribution in [0.5, 0.6) is 5.75 Å². The highest BCUT2D eigenvalue weighted by Gasteiger charge is 2.76. The van der Waals surface area contributed by atoms with Crippen molar-refractivity contribution in [3.8, 4) is 5.75 Å². The fourth-order valence-corrected chi connectivity index (χ4v) is 8.35. The first-order chi connectivity index (χ1) is 19.2. The van der Waals surface area contributed by atoms with Gasteiger partial charge in [-0.1, -0.05) is 64.0 Å². The molecule has 208 valence electrons. The van der Waals surface area contributed by atoms with Crippen LogP contribution in [0.25, 0.3) is 0 Å². The lowest BCUT2D eigenvalue weighted by Crippen LogP contribution is -2.60. The maximum Gasteiger partial charge on any atom is 0.254 e. The highest BCUT2D eigenvalue weighted by molar-refractivity contribution is 9.09. The van der Waals surface area contributed by atoms with Gasteiger partial charge in [-0.15, -0.1) is 23.2 Å². The van der Waals surface area contributed by atoms with Crippen LogP contribution in [0.2, 0.25) is 0 Å². The van der Waals surface area contributed by atoms with Crippen molar-refractivity contribution >= 4 is 68.4 Å². The van der Waals surface area contributed by atoms with E-state index in [1.807, 2.05) is 6.08 Å². The van der Waals surface area contributed by atoms with E-state index in [0.717, 1.165) is 4.90 Å². The number of likely N-dealkylation sites (tertiary alicyclic amines) is 1. The van der Waals surface area contributed by atoms with Crippen molar-refractivity contribution in [2.24, 2.45) is 17.8 Å². The molecule has 2 heterocycles. The molecule has 2 aliphatic heterocycles. The first-order valence-corrected chi connectivity index (χ1v) is 14.8. The number of aliphatic hydroxyl groups excluding tert-OH is 1. The van der Waals surface area contributed by atoms with Crippen molar-refractivity contribution in [1.82, 2.24) is 4.90 Å². The number of nitrogens with zero attached hydrogens (tertiary/aromatic N) is 2. The average molecular weight is 648 g/mol. The van der Waals surface area contributed by atoms with E-state index in [4.69, 9.17) is 27.9 Å². The van der Waals surface area contributed by atoms with Gasteiger partial charge in [-0.3, -0.25) is 29.0 Å².